The molecule has 0 fully saturated rings. The van der Waals surface area contributed by atoms with E-state index in [0.29, 0.717) is 0 Å². The lowest BCUT2D eigenvalue weighted by molar-refractivity contribution is 0.159. The molecule has 1 heterocycles. The summed E-state index contributed by atoms with van der Waals surface area (Å²) in [4.78, 5) is 2.16. The zero-order chi connectivity index (χ0) is 10.1. The summed E-state index contributed by atoms with van der Waals surface area (Å²) in [6.45, 7) is 4.32. The second-order valence-electron chi connectivity index (χ2n) is 4.08. The molecule has 13 heavy (non-hydrogen) atoms. The van der Waals surface area contributed by atoms with Gasteiger partial charge in [-0.25, -0.2) is 0 Å². The lowest BCUT2D eigenvalue weighted by atomic mass is 9.90. The van der Waals surface area contributed by atoms with Gasteiger partial charge in [-0.1, -0.05) is 0 Å². The number of thiophene rings is 1. The second-order valence-corrected chi connectivity index (χ2v) is 4.86. The highest BCUT2D eigenvalue weighted by Gasteiger charge is 2.29. The van der Waals surface area contributed by atoms with E-state index in [0.717, 1.165) is 0 Å². The van der Waals surface area contributed by atoms with Crippen molar-refractivity contribution >= 4 is 11.3 Å². The fourth-order valence-electron chi connectivity index (χ4n) is 1.14. The van der Waals surface area contributed by atoms with Crippen LogP contribution < -0.4 is 5.73 Å². The minimum Gasteiger partial charge on any atom is -0.322 e. The molecule has 0 aliphatic rings. The summed E-state index contributed by atoms with van der Waals surface area (Å²) in [5, 5.41) is 4.19. The first-order valence-corrected chi connectivity index (χ1v) is 5.35. The van der Waals surface area contributed by atoms with E-state index < -0.39 is 0 Å². The third kappa shape index (κ3) is 2.10. The molecule has 0 spiro atoms. The Morgan fingerprint density at radius 2 is 2.08 bits per heavy atom. The lowest BCUT2D eigenvalue weighted by Crippen LogP contribution is -2.47. The van der Waals surface area contributed by atoms with E-state index in [1.54, 1.807) is 11.3 Å². The van der Waals surface area contributed by atoms with Gasteiger partial charge in [0.2, 0.25) is 0 Å². The average Bonchev–Trinajstić information content (AvgIpc) is 2.54. The van der Waals surface area contributed by atoms with Gasteiger partial charge in [-0.15, -0.1) is 0 Å². The van der Waals surface area contributed by atoms with Gasteiger partial charge in [0.1, 0.15) is 0 Å². The van der Waals surface area contributed by atoms with E-state index in [9.17, 15) is 0 Å². The molecule has 0 saturated carbocycles. The summed E-state index contributed by atoms with van der Waals surface area (Å²) in [5.41, 5.74) is 7.41. The van der Waals surface area contributed by atoms with Crippen LogP contribution in [0.1, 0.15) is 25.5 Å². The van der Waals surface area contributed by atoms with Crippen LogP contribution in [0.3, 0.4) is 0 Å². The molecule has 0 bridgehead atoms. The fourth-order valence-corrected chi connectivity index (χ4v) is 1.83. The Balaban J connectivity index is 2.84. The van der Waals surface area contributed by atoms with E-state index in [1.165, 1.54) is 5.56 Å². The first-order valence-electron chi connectivity index (χ1n) is 4.41. The van der Waals surface area contributed by atoms with E-state index in [4.69, 9.17) is 5.73 Å². The Kier molecular flexibility index (Phi) is 3.11. The van der Waals surface area contributed by atoms with Crippen molar-refractivity contribution in [2.75, 3.05) is 14.1 Å². The number of hydrogen-bond donors (Lipinski definition) is 1. The van der Waals surface area contributed by atoms with Crippen molar-refractivity contribution in [1.82, 2.24) is 4.90 Å². The van der Waals surface area contributed by atoms with Gasteiger partial charge in [0.25, 0.3) is 0 Å². The van der Waals surface area contributed by atoms with Crippen LogP contribution in [-0.2, 0) is 0 Å². The minimum absolute atomic E-state index is 0.00106. The molecular weight excluding hydrogens is 180 g/mol. The first kappa shape index (κ1) is 10.7. The van der Waals surface area contributed by atoms with Crippen molar-refractivity contribution in [1.29, 1.82) is 0 Å². The zero-order valence-corrected chi connectivity index (χ0v) is 9.56. The molecule has 0 aliphatic heterocycles. The van der Waals surface area contributed by atoms with Gasteiger partial charge >= 0.3 is 0 Å². The predicted molar refractivity (Wildman–Crippen MR) is 59.0 cm³/mol. The monoisotopic (exact) mass is 198 g/mol. The smallest absolute Gasteiger partial charge is 0.0484 e. The van der Waals surface area contributed by atoms with E-state index in [-0.39, 0.29) is 11.6 Å². The molecule has 2 N–H and O–H groups in total. The van der Waals surface area contributed by atoms with Crippen molar-refractivity contribution in [3.05, 3.63) is 22.4 Å². The van der Waals surface area contributed by atoms with E-state index in [2.05, 4.69) is 49.7 Å². The highest BCUT2D eigenvalue weighted by molar-refractivity contribution is 7.07. The Morgan fingerprint density at radius 3 is 2.46 bits per heavy atom. The molecule has 0 aliphatic carbocycles. The summed E-state index contributed by atoms with van der Waals surface area (Å²) in [6, 6.07) is 2.18. The van der Waals surface area contributed by atoms with Crippen LogP contribution in [0.25, 0.3) is 0 Å². The lowest BCUT2D eigenvalue weighted by Gasteiger charge is -2.37. The quantitative estimate of drug-likeness (QED) is 0.806. The highest BCUT2D eigenvalue weighted by Crippen LogP contribution is 2.28. The van der Waals surface area contributed by atoms with Gasteiger partial charge in [-0.2, -0.15) is 11.3 Å². The maximum atomic E-state index is 6.18. The molecule has 0 radical (unpaired) electrons. The van der Waals surface area contributed by atoms with Gasteiger partial charge < -0.3 is 10.6 Å². The van der Waals surface area contributed by atoms with Crippen LogP contribution in [0.2, 0.25) is 0 Å². The molecule has 1 rings (SSSR count). The van der Waals surface area contributed by atoms with Crippen LogP contribution in [0.4, 0.5) is 0 Å². The molecule has 0 amide bonds. The molecule has 1 aromatic rings. The fraction of sp³-hybridized carbons (Fsp3) is 0.600. The van der Waals surface area contributed by atoms with Crippen LogP contribution in [0, 0.1) is 0 Å². The van der Waals surface area contributed by atoms with Crippen LogP contribution in [0.15, 0.2) is 16.8 Å². The highest BCUT2D eigenvalue weighted by atomic mass is 32.1. The third-order valence-electron chi connectivity index (χ3n) is 2.82. The van der Waals surface area contributed by atoms with Crippen LogP contribution in [0.5, 0.6) is 0 Å². The Labute approximate surface area is 84.4 Å². The molecule has 1 atom stereocenters. The molecule has 1 aromatic heterocycles. The minimum atomic E-state index is 0.00106. The van der Waals surface area contributed by atoms with Crippen LogP contribution >= 0.6 is 11.3 Å². The molecular formula is C10H18N2S. The SMILES string of the molecule is CN(C)C(C)(C)C(N)c1ccsc1. The van der Waals surface area contributed by atoms with Crippen molar-refractivity contribution in [3.63, 3.8) is 0 Å². The Hall–Kier alpha value is -0.380. The van der Waals surface area contributed by atoms with Crippen molar-refractivity contribution in [2.45, 2.75) is 25.4 Å². The predicted octanol–water partition coefficient (Wildman–Crippen LogP) is 2.09. The summed E-state index contributed by atoms with van der Waals surface area (Å²) in [7, 11) is 4.12. The summed E-state index contributed by atoms with van der Waals surface area (Å²) in [5.74, 6) is 0. The Bertz CT molecular complexity index is 252. The zero-order valence-electron chi connectivity index (χ0n) is 8.74. The number of rotatable bonds is 3. The number of likely N-dealkylation sites (N-methyl/N-ethyl adjacent to an activating group) is 1. The summed E-state index contributed by atoms with van der Waals surface area (Å²) < 4.78 is 0. The summed E-state index contributed by atoms with van der Waals surface area (Å²) in [6.07, 6.45) is 0. The molecule has 0 aromatic carbocycles. The molecule has 74 valence electrons. The normalized spacial score (nSPS) is 14.9. The largest absolute Gasteiger partial charge is 0.322 e. The van der Waals surface area contributed by atoms with Crippen molar-refractivity contribution < 1.29 is 0 Å². The van der Waals surface area contributed by atoms with Gasteiger partial charge in [-0.3, -0.25) is 0 Å². The number of hydrogen-bond acceptors (Lipinski definition) is 3. The van der Waals surface area contributed by atoms with Crippen molar-refractivity contribution in [3.8, 4) is 0 Å². The van der Waals surface area contributed by atoms with Gasteiger partial charge in [0, 0.05) is 11.6 Å². The maximum absolute atomic E-state index is 6.18. The molecule has 2 nitrogen and oxygen atoms in total. The molecule has 0 saturated heterocycles. The standard InChI is InChI=1S/C10H18N2S/c1-10(2,12(3)4)9(11)8-5-6-13-7-8/h5-7,9H,11H2,1-4H3. The first-order chi connectivity index (χ1) is 5.96. The summed E-state index contributed by atoms with van der Waals surface area (Å²) >= 11 is 1.70. The van der Waals surface area contributed by atoms with Gasteiger partial charge in [0.15, 0.2) is 0 Å². The average molecular weight is 198 g/mol. The number of nitrogens with zero attached hydrogens (tertiary/aromatic N) is 1. The van der Waals surface area contributed by atoms with Crippen LogP contribution in [-0.4, -0.2) is 24.5 Å². The maximum Gasteiger partial charge on any atom is 0.0484 e. The second kappa shape index (κ2) is 3.78. The van der Waals surface area contributed by atoms with Gasteiger partial charge in [-0.05, 0) is 50.3 Å². The van der Waals surface area contributed by atoms with Gasteiger partial charge in [0.05, 0.1) is 0 Å². The Morgan fingerprint density at radius 1 is 1.46 bits per heavy atom. The number of nitrogens with two attached hydrogens (primary N) is 1. The molecule has 1 unspecified atom stereocenters. The van der Waals surface area contributed by atoms with Crippen molar-refractivity contribution in [2.24, 2.45) is 5.73 Å². The molecule has 3 heteroatoms. The third-order valence-corrected chi connectivity index (χ3v) is 3.52. The topological polar surface area (TPSA) is 29.3 Å². The van der Waals surface area contributed by atoms with E-state index in [1.807, 2.05) is 0 Å². The van der Waals surface area contributed by atoms with E-state index >= 15 is 0 Å².